The molecule has 0 aromatic heterocycles. The maximum Gasteiger partial charge on any atom is 0.328 e. The Labute approximate surface area is 114 Å². The Kier molecular flexibility index (Phi) is 5.45. The maximum absolute atomic E-state index is 11.5. The van der Waals surface area contributed by atoms with Gasteiger partial charge in [-0.2, -0.15) is 0 Å². The monoisotopic (exact) mass is 282 g/mol. The largest absolute Gasteiger partial charge is 0.484 e. The Morgan fingerprint density at radius 3 is 2.45 bits per heavy atom. The molecule has 0 bridgehead atoms. The molecule has 0 heterocycles. The van der Waals surface area contributed by atoms with Crippen LogP contribution in [0.2, 0.25) is 0 Å². The number of amides is 1. The summed E-state index contributed by atoms with van der Waals surface area (Å²) in [5.41, 5.74) is -0.0684. The molecule has 1 atom stereocenters. The summed E-state index contributed by atoms with van der Waals surface area (Å²) in [5.74, 6) is -0.744. The summed E-state index contributed by atoms with van der Waals surface area (Å²) in [6, 6.07) is 4.53. The van der Waals surface area contributed by atoms with Crippen molar-refractivity contribution in [1.29, 1.82) is 0 Å². The average Bonchev–Trinajstić information content (AvgIpc) is 2.44. The van der Waals surface area contributed by atoms with E-state index in [-0.39, 0.29) is 12.3 Å². The molecule has 0 spiro atoms. The van der Waals surface area contributed by atoms with Crippen molar-refractivity contribution in [3.63, 3.8) is 0 Å². The second-order valence-electron chi connectivity index (χ2n) is 3.85. The standard InChI is InChI=1S/C12H14N2O6/c1-8(12(16)19-2)13-11(15)7-20-10-5-3-9(4-6-10)14(17)18/h3-6,8H,7H2,1-2H3,(H,13,15). The first kappa shape index (κ1) is 15.4. The molecule has 1 amide bonds. The van der Waals surface area contributed by atoms with Crippen LogP contribution >= 0.6 is 0 Å². The second kappa shape index (κ2) is 7.07. The van der Waals surface area contributed by atoms with Crippen LogP contribution in [0, 0.1) is 10.1 Å². The number of esters is 1. The minimum atomic E-state index is -0.770. The van der Waals surface area contributed by atoms with Gasteiger partial charge >= 0.3 is 5.97 Å². The fraction of sp³-hybridized carbons (Fsp3) is 0.333. The van der Waals surface area contributed by atoms with Crippen LogP contribution in [0.25, 0.3) is 0 Å². The number of rotatable bonds is 6. The van der Waals surface area contributed by atoms with E-state index in [9.17, 15) is 19.7 Å². The molecule has 8 heteroatoms. The highest BCUT2D eigenvalue weighted by molar-refractivity contribution is 5.84. The zero-order valence-corrected chi connectivity index (χ0v) is 11.0. The number of nitrogens with zero attached hydrogens (tertiary/aromatic N) is 1. The van der Waals surface area contributed by atoms with Crippen LogP contribution in [0.5, 0.6) is 5.75 Å². The minimum absolute atomic E-state index is 0.0684. The van der Waals surface area contributed by atoms with Crippen LogP contribution in [-0.2, 0) is 14.3 Å². The van der Waals surface area contributed by atoms with E-state index in [1.165, 1.54) is 38.3 Å². The summed E-state index contributed by atoms with van der Waals surface area (Å²) in [4.78, 5) is 32.5. The first-order valence-corrected chi connectivity index (χ1v) is 5.68. The molecule has 1 aromatic rings. The second-order valence-corrected chi connectivity index (χ2v) is 3.85. The van der Waals surface area contributed by atoms with Gasteiger partial charge in [0.25, 0.3) is 11.6 Å². The Bertz CT molecular complexity index is 499. The fourth-order valence-electron chi connectivity index (χ4n) is 1.33. The Morgan fingerprint density at radius 2 is 1.95 bits per heavy atom. The van der Waals surface area contributed by atoms with Crippen LogP contribution in [-0.4, -0.2) is 36.6 Å². The molecule has 0 saturated carbocycles. The molecular formula is C12H14N2O6. The van der Waals surface area contributed by atoms with Crippen molar-refractivity contribution in [2.45, 2.75) is 13.0 Å². The number of nitro groups is 1. The number of ether oxygens (including phenoxy) is 2. The quantitative estimate of drug-likeness (QED) is 0.466. The van der Waals surface area contributed by atoms with Crippen molar-refractivity contribution in [2.75, 3.05) is 13.7 Å². The van der Waals surface area contributed by atoms with Crippen LogP contribution in [0.4, 0.5) is 5.69 Å². The minimum Gasteiger partial charge on any atom is -0.484 e. The number of hydrogen-bond donors (Lipinski definition) is 1. The highest BCUT2D eigenvalue weighted by Gasteiger charge is 2.16. The number of carbonyl (C=O) groups is 2. The van der Waals surface area contributed by atoms with E-state index in [2.05, 4.69) is 10.1 Å². The topological polar surface area (TPSA) is 108 Å². The predicted octanol–water partition coefficient (Wildman–Crippen LogP) is 0.651. The van der Waals surface area contributed by atoms with Gasteiger partial charge in [-0.15, -0.1) is 0 Å². The van der Waals surface area contributed by atoms with E-state index in [1.807, 2.05) is 0 Å². The van der Waals surface area contributed by atoms with Crippen molar-refractivity contribution in [3.8, 4) is 5.75 Å². The molecule has 0 aliphatic heterocycles. The molecule has 1 unspecified atom stereocenters. The number of nitro benzene ring substituents is 1. The molecule has 1 aromatic carbocycles. The van der Waals surface area contributed by atoms with Crippen molar-refractivity contribution >= 4 is 17.6 Å². The lowest BCUT2D eigenvalue weighted by atomic mass is 10.3. The first-order valence-electron chi connectivity index (χ1n) is 5.68. The summed E-state index contributed by atoms with van der Waals surface area (Å²) in [6.45, 7) is 1.18. The Morgan fingerprint density at radius 1 is 1.35 bits per heavy atom. The lowest BCUT2D eigenvalue weighted by Crippen LogP contribution is -2.41. The van der Waals surface area contributed by atoms with Gasteiger partial charge in [0.1, 0.15) is 11.8 Å². The van der Waals surface area contributed by atoms with Crippen LogP contribution < -0.4 is 10.1 Å². The number of hydrogen-bond acceptors (Lipinski definition) is 6. The van der Waals surface area contributed by atoms with Crippen LogP contribution in [0.1, 0.15) is 6.92 Å². The summed E-state index contributed by atoms with van der Waals surface area (Å²) >= 11 is 0. The number of methoxy groups -OCH3 is 1. The summed E-state index contributed by atoms with van der Waals surface area (Å²) in [5, 5.41) is 12.8. The zero-order chi connectivity index (χ0) is 15.1. The van der Waals surface area contributed by atoms with Crippen LogP contribution in [0.15, 0.2) is 24.3 Å². The third kappa shape index (κ3) is 4.56. The van der Waals surface area contributed by atoms with Crippen molar-refractivity contribution in [3.05, 3.63) is 34.4 Å². The van der Waals surface area contributed by atoms with Crippen molar-refractivity contribution in [1.82, 2.24) is 5.32 Å². The Hall–Kier alpha value is -2.64. The maximum atomic E-state index is 11.5. The molecular weight excluding hydrogens is 268 g/mol. The van der Waals surface area contributed by atoms with Gasteiger partial charge in [0, 0.05) is 12.1 Å². The van der Waals surface area contributed by atoms with E-state index in [4.69, 9.17) is 4.74 Å². The lowest BCUT2D eigenvalue weighted by Gasteiger charge is -2.12. The summed E-state index contributed by atoms with van der Waals surface area (Å²) in [6.07, 6.45) is 0. The van der Waals surface area contributed by atoms with Gasteiger partial charge < -0.3 is 14.8 Å². The molecule has 0 saturated heterocycles. The normalized spacial score (nSPS) is 11.3. The fourth-order valence-corrected chi connectivity index (χ4v) is 1.33. The zero-order valence-electron chi connectivity index (χ0n) is 11.0. The summed E-state index contributed by atoms with van der Waals surface area (Å²) in [7, 11) is 1.22. The van der Waals surface area contributed by atoms with E-state index in [0.717, 1.165) is 0 Å². The van der Waals surface area contributed by atoms with Gasteiger partial charge in [0.2, 0.25) is 0 Å². The van der Waals surface area contributed by atoms with Crippen LogP contribution in [0.3, 0.4) is 0 Å². The third-order valence-electron chi connectivity index (χ3n) is 2.35. The van der Waals surface area contributed by atoms with Crippen molar-refractivity contribution < 1.29 is 24.0 Å². The van der Waals surface area contributed by atoms with Gasteiger partial charge in [0.05, 0.1) is 12.0 Å². The van der Waals surface area contributed by atoms with Gasteiger partial charge in [-0.3, -0.25) is 14.9 Å². The highest BCUT2D eigenvalue weighted by atomic mass is 16.6. The number of non-ortho nitro benzene ring substituents is 1. The van der Waals surface area contributed by atoms with Gasteiger partial charge in [-0.25, -0.2) is 4.79 Å². The molecule has 1 N–H and O–H groups in total. The smallest absolute Gasteiger partial charge is 0.328 e. The number of nitrogens with one attached hydrogen (secondary N) is 1. The predicted molar refractivity (Wildman–Crippen MR) is 68.2 cm³/mol. The number of carbonyl (C=O) groups excluding carboxylic acids is 2. The molecule has 20 heavy (non-hydrogen) atoms. The van der Waals surface area contributed by atoms with Gasteiger partial charge in [-0.1, -0.05) is 0 Å². The first-order chi connectivity index (χ1) is 9.43. The number of benzene rings is 1. The van der Waals surface area contributed by atoms with Gasteiger partial charge in [0.15, 0.2) is 6.61 Å². The molecule has 0 fully saturated rings. The lowest BCUT2D eigenvalue weighted by molar-refractivity contribution is -0.384. The average molecular weight is 282 g/mol. The third-order valence-corrected chi connectivity index (χ3v) is 2.35. The highest BCUT2D eigenvalue weighted by Crippen LogP contribution is 2.16. The molecule has 0 radical (unpaired) electrons. The van der Waals surface area contributed by atoms with E-state index in [0.29, 0.717) is 5.75 Å². The van der Waals surface area contributed by atoms with Gasteiger partial charge in [-0.05, 0) is 19.1 Å². The molecule has 108 valence electrons. The SMILES string of the molecule is COC(=O)C(C)NC(=O)COc1ccc([N+](=O)[O-])cc1. The van der Waals surface area contributed by atoms with E-state index >= 15 is 0 Å². The molecule has 8 nitrogen and oxygen atoms in total. The Balaban J connectivity index is 2.44. The molecule has 0 aliphatic carbocycles. The van der Waals surface area contributed by atoms with Crippen molar-refractivity contribution in [2.24, 2.45) is 0 Å². The van der Waals surface area contributed by atoms with E-state index in [1.54, 1.807) is 0 Å². The van der Waals surface area contributed by atoms with E-state index < -0.39 is 22.8 Å². The molecule has 1 rings (SSSR count). The summed E-state index contributed by atoms with van der Waals surface area (Å²) < 4.78 is 9.58. The molecule has 0 aliphatic rings.